The van der Waals surface area contributed by atoms with Gasteiger partial charge in [0.2, 0.25) is 0 Å². The van der Waals surface area contributed by atoms with E-state index in [0.717, 1.165) is 12.8 Å². The molecule has 0 heterocycles. The Hall–Kier alpha value is -0.880. The average Bonchev–Trinajstić information content (AvgIpc) is 2.67. The molecule has 2 saturated carbocycles. The van der Waals surface area contributed by atoms with Crippen LogP contribution in [-0.4, -0.2) is 16.5 Å². The lowest BCUT2D eigenvalue weighted by Crippen LogP contribution is -2.41. The number of nitrogens with zero attached hydrogens (tertiary/aromatic N) is 1. The second kappa shape index (κ2) is 4.06. The van der Waals surface area contributed by atoms with E-state index < -0.39 is 5.60 Å². The summed E-state index contributed by atoms with van der Waals surface area (Å²) in [5.41, 5.74) is -1.12. The molecule has 2 aliphatic rings. The highest BCUT2D eigenvalue weighted by molar-refractivity contribution is 5.82. The van der Waals surface area contributed by atoms with Crippen LogP contribution in [0.5, 0.6) is 0 Å². The first-order valence-electron chi connectivity index (χ1n) is 6.83. The molecule has 0 aliphatic heterocycles. The molecule has 5 unspecified atom stereocenters. The van der Waals surface area contributed by atoms with Crippen LogP contribution in [0.4, 0.5) is 0 Å². The van der Waals surface area contributed by atoms with Crippen LogP contribution in [0.3, 0.4) is 0 Å². The predicted molar refractivity (Wildman–Crippen MR) is 68.5 cm³/mol. The van der Waals surface area contributed by atoms with Crippen LogP contribution in [-0.2, 0) is 4.79 Å². The third kappa shape index (κ3) is 1.87. The lowest BCUT2D eigenvalue weighted by atomic mass is 9.66. The summed E-state index contributed by atoms with van der Waals surface area (Å²) in [6, 6.07) is 2.36. The molecular formula is C15H23NO2. The summed E-state index contributed by atoms with van der Waals surface area (Å²) in [6.45, 7) is 7.47. The predicted octanol–water partition coefficient (Wildman–Crippen LogP) is 2.54. The molecule has 3 heteroatoms. The zero-order chi connectivity index (χ0) is 13.7. The van der Waals surface area contributed by atoms with Crippen LogP contribution in [0.1, 0.15) is 47.0 Å². The molecule has 100 valence electrons. The molecule has 0 amide bonds. The van der Waals surface area contributed by atoms with Crippen molar-refractivity contribution in [2.45, 2.75) is 52.6 Å². The van der Waals surface area contributed by atoms with Crippen molar-refractivity contribution in [1.29, 1.82) is 5.26 Å². The molecule has 0 aromatic carbocycles. The van der Waals surface area contributed by atoms with E-state index in [1.165, 1.54) is 0 Å². The van der Waals surface area contributed by atoms with Gasteiger partial charge in [0.15, 0.2) is 0 Å². The number of Topliss-reactive ketones (excluding diaryl/α,β-unsaturated/α-hetero) is 1. The van der Waals surface area contributed by atoms with Gasteiger partial charge in [-0.1, -0.05) is 13.8 Å². The van der Waals surface area contributed by atoms with Crippen LogP contribution in [0.25, 0.3) is 0 Å². The number of carbonyl (C=O) groups is 1. The highest BCUT2D eigenvalue weighted by Gasteiger charge is 2.56. The molecular weight excluding hydrogens is 226 g/mol. The number of nitriles is 1. The Morgan fingerprint density at radius 1 is 1.44 bits per heavy atom. The molecule has 2 aliphatic carbocycles. The molecule has 5 atom stereocenters. The minimum atomic E-state index is -0.738. The largest absolute Gasteiger partial charge is 0.390 e. The summed E-state index contributed by atoms with van der Waals surface area (Å²) >= 11 is 0. The van der Waals surface area contributed by atoms with Gasteiger partial charge >= 0.3 is 0 Å². The first-order chi connectivity index (χ1) is 8.20. The van der Waals surface area contributed by atoms with E-state index in [1.54, 1.807) is 6.92 Å². The van der Waals surface area contributed by atoms with Crippen molar-refractivity contribution in [3.8, 4) is 6.07 Å². The van der Waals surface area contributed by atoms with Gasteiger partial charge in [0.25, 0.3) is 0 Å². The highest BCUT2D eigenvalue weighted by Crippen LogP contribution is 2.57. The van der Waals surface area contributed by atoms with Crippen LogP contribution >= 0.6 is 0 Å². The second-order valence-electron chi connectivity index (χ2n) is 7.01. The van der Waals surface area contributed by atoms with Crippen molar-refractivity contribution in [3.63, 3.8) is 0 Å². The molecule has 2 bridgehead atoms. The number of hydrogen-bond donors (Lipinski definition) is 1. The molecule has 2 fully saturated rings. The van der Waals surface area contributed by atoms with E-state index in [1.807, 2.05) is 20.8 Å². The molecule has 2 rings (SSSR count). The van der Waals surface area contributed by atoms with Crippen molar-refractivity contribution < 1.29 is 9.90 Å². The second-order valence-corrected chi connectivity index (χ2v) is 7.01. The van der Waals surface area contributed by atoms with Crippen molar-refractivity contribution in [2.75, 3.05) is 0 Å². The van der Waals surface area contributed by atoms with E-state index in [-0.39, 0.29) is 34.9 Å². The molecule has 0 aromatic heterocycles. The summed E-state index contributed by atoms with van der Waals surface area (Å²) in [5, 5.41) is 19.8. The first kappa shape index (κ1) is 13.5. The Kier molecular flexibility index (Phi) is 3.06. The fraction of sp³-hybridized carbons (Fsp3) is 0.867. The van der Waals surface area contributed by atoms with E-state index >= 15 is 0 Å². The van der Waals surface area contributed by atoms with Gasteiger partial charge in [0.05, 0.1) is 17.6 Å². The van der Waals surface area contributed by atoms with Gasteiger partial charge in [-0.3, -0.25) is 4.79 Å². The van der Waals surface area contributed by atoms with Crippen molar-refractivity contribution in [1.82, 2.24) is 0 Å². The zero-order valence-electron chi connectivity index (χ0n) is 11.7. The first-order valence-corrected chi connectivity index (χ1v) is 6.83. The normalized spacial score (nSPS) is 43.6. The van der Waals surface area contributed by atoms with Gasteiger partial charge < -0.3 is 5.11 Å². The Balaban J connectivity index is 2.33. The van der Waals surface area contributed by atoms with Crippen LogP contribution < -0.4 is 0 Å². The topological polar surface area (TPSA) is 61.1 Å². The van der Waals surface area contributed by atoms with E-state index in [9.17, 15) is 15.2 Å². The lowest BCUT2D eigenvalue weighted by molar-refractivity contribution is -0.128. The van der Waals surface area contributed by atoms with Gasteiger partial charge in [-0.2, -0.15) is 5.26 Å². The number of carbonyl (C=O) groups excluding carboxylic acids is 1. The smallest absolute Gasteiger partial charge is 0.135 e. The average molecular weight is 249 g/mol. The SMILES string of the molecule is CC(=O)C(C)(C)C1CC2CC1C(C#N)CC2(C)O. The van der Waals surface area contributed by atoms with E-state index in [2.05, 4.69) is 6.07 Å². The van der Waals surface area contributed by atoms with Gasteiger partial charge in [-0.15, -0.1) is 0 Å². The van der Waals surface area contributed by atoms with Crippen LogP contribution in [0, 0.1) is 40.4 Å². The summed E-state index contributed by atoms with van der Waals surface area (Å²) in [7, 11) is 0. The van der Waals surface area contributed by atoms with Gasteiger partial charge in [0, 0.05) is 5.41 Å². The van der Waals surface area contributed by atoms with Crippen molar-refractivity contribution in [2.24, 2.45) is 29.1 Å². The molecule has 0 radical (unpaired) electrons. The summed E-state index contributed by atoms with van der Waals surface area (Å²) < 4.78 is 0. The van der Waals surface area contributed by atoms with Gasteiger partial charge in [0.1, 0.15) is 5.78 Å². The van der Waals surface area contributed by atoms with Crippen molar-refractivity contribution in [3.05, 3.63) is 0 Å². The molecule has 1 N–H and O–H groups in total. The number of rotatable bonds is 2. The van der Waals surface area contributed by atoms with Gasteiger partial charge in [-0.25, -0.2) is 0 Å². The van der Waals surface area contributed by atoms with Crippen LogP contribution in [0.15, 0.2) is 0 Å². The lowest BCUT2D eigenvalue weighted by Gasteiger charge is -2.39. The quantitative estimate of drug-likeness (QED) is 0.818. The maximum absolute atomic E-state index is 11.9. The number of aliphatic hydroxyl groups is 1. The molecule has 0 saturated heterocycles. The third-order valence-corrected chi connectivity index (χ3v) is 5.64. The fourth-order valence-electron chi connectivity index (χ4n) is 4.02. The Labute approximate surface area is 109 Å². The third-order valence-electron chi connectivity index (χ3n) is 5.64. The molecule has 0 aromatic rings. The molecule has 18 heavy (non-hydrogen) atoms. The number of ketones is 1. The maximum atomic E-state index is 11.9. The highest BCUT2D eigenvalue weighted by atomic mass is 16.3. The Bertz CT molecular complexity index is 405. The Morgan fingerprint density at radius 2 is 2.06 bits per heavy atom. The Morgan fingerprint density at radius 3 is 2.56 bits per heavy atom. The summed E-state index contributed by atoms with van der Waals surface area (Å²) in [5.74, 6) is 0.840. The monoisotopic (exact) mass is 249 g/mol. The van der Waals surface area contributed by atoms with E-state index in [4.69, 9.17) is 0 Å². The minimum absolute atomic E-state index is 0.109. The number of fused-ring (bicyclic) bond motifs is 2. The summed E-state index contributed by atoms with van der Waals surface area (Å²) in [6.07, 6.45) is 2.33. The van der Waals surface area contributed by atoms with E-state index in [0.29, 0.717) is 6.42 Å². The van der Waals surface area contributed by atoms with Crippen molar-refractivity contribution >= 4 is 5.78 Å². The maximum Gasteiger partial charge on any atom is 0.135 e. The van der Waals surface area contributed by atoms with Crippen LogP contribution in [0.2, 0.25) is 0 Å². The summed E-state index contributed by atoms with van der Waals surface area (Å²) in [4.78, 5) is 11.9. The molecule has 0 spiro atoms. The zero-order valence-corrected chi connectivity index (χ0v) is 11.7. The standard InChI is InChI=1S/C15H23NO2/c1-9(17)14(2,3)13-6-11-5-12(13)10(8-16)7-15(11,4)18/h10-13,18H,5-7H2,1-4H3. The minimum Gasteiger partial charge on any atom is -0.390 e. The van der Waals surface area contributed by atoms with Gasteiger partial charge in [-0.05, 0) is 50.9 Å². The fourth-order valence-corrected chi connectivity index (χ4v) is 4.02. The number of hydrogen-bond acceptors (Lipinski definition) is 3. The molecule has 3 nitrogen and oxygen atoms in total.